The Bertz CT molecular complexity index is 288. The molecule has 0 saturated carbocycles. The maximum absolute atomic E-state index is 5.41. The molecular weight excluding hydrogens is 150 g/mol. The van der Waals surface area contributed by atoms with Crippen molar-refractivity contribution in [3.63, 3.8) is 0 Å². The number of hydrogen-bond acceptors (Lipinski definition) is 2. The molecule has 0 aromatic carbocycles. The van der Waals surface area contributed by atoms with Gasteiger partial charge in [-0.3, -0.25) is 9.98 Å². The summed E-state index contributed by atoms with van der Waals surface area (Å²) in [7, 11) is 0. The third kappa shape index (κ3) is 2.34. The highest BCUT2D eigenvalue weighted by Gasteiger charge is 1.95. The highest BCUT2D eigenvalue weighted by molar-refractivity contribution is 5.77. The molecule has 1 rings (SSSR count). The van der Waals surface area contributed by atoms with E-state index in [1.165, 1.54) is 0 Å². The summed E-state index contributed by atoms with van der Waals surface area (Å²) >= 11 is 0. The van der Waals surface area contributed by atoms with E-state index in [4.69, 9.17) is 5.73 Å². The lowest BCUT2D eigenvalue weighted by molar-refractivity contribution is 0.964. The van der Waals surface area contributed by atoms with Gasteiger partial charge in [-0.25, -0.2) is 0 Å². The second kappa shape index (κ2) is 3.85. The molecule has 3 heteroatoms. The van der Waals surface area contributed by atoms with Crippen LogP contribution in [-0.4, -0.2) is 10.8 Å². The molecule has 0 aliphatic rings. The number of amidine groups is 1. The molecule has 0 spiro atoms. The van der Waals surface area contributed by atoms with Crippen LogP contribution in [0.1, 0.15) is 18.2 Å². The number of aromatic nitrogens is 1. The van der Waals surface area contributed by atoms with Crippen molar-refractivity contribution in [2.45, 2.75) is 20.4 Å². The minimum absolute atomic E-state index is 0.578. The zero-order valence-corrected chi connectivity index (χ0v) is 7.41. The van der Waals surface area contributed by atoms with E-state index in [0.29, 0.717) is 12.4 Å². The van der Waals surface area contributed by atoms with Crippen molar-refractivity contribution >= 4 is 5.84 Å². The molecule has 0 aliphatic heterocycles. The normalized spacial score (nSPS) is 11.7. The van der Waals surface area contributed by atoms with E-state index in [9.17, 15) is 0 Å². The maximum atomic E-state index is 5.41. The standard InChI is InChI=1S/C9H13N3/c1-7-4-3-5-11-9(7)6-12-8(2)10/h3-5H,6H2,1-2H3,(H2,10,12). The third-order valence-electron chi connectivity index (χ3n) is 1.60. The Morgan fingerprint density at radius 1 is 1.67 bits per heavy atom. The molecule has 0 atom stereocenters. The molecule has 1 aromatic rings. The van der Waals surface area contributed by atoms with Crippen molar-refractivity contribution in [1.29, 1.82) is 0 Å². The van der Waals surface area contributed by atoms with E-state index in [-0.39, 0.29) is 0 Å². The molecule has 0 radical (unpaired) electrons. The lowest BCUT2D eigenvalue weighted by Crippen LogP contribution is -2.06. The number of rotatable bonds is 2. The Labute approximate surface area is 72.3 Å². The van der Waals surface area contributed by atoms with Gasteiger partial charge in [-0.15, -0.1) is 0 Å². The number of hydrogen-bond donors (Lipinski definition) is 1. The van der Waals surface area contributed by atoms with Crippen LogP contribution in [0.2, 0.25) is 0 Å². The highest BCUT2D eigenvalue weighted by atomic mass is 14.9. The second-order valence-corrected chi connectivity index (χ2v) is 2.72. The van der Waals surface area contributed by atoms with Gasteiger partial charge >= 0.3 is 0 Å². The van der Waals surface area contributed by atoms with Gasteiger partial charge in [-0.1, -0.05) is 6.07 Å². The van der Waals surface area contributed by atoms with E-state index in [2.05, 4.69) is 9.98 Å². The summed E-state index contributed by atoms with van der Waals surface area (Å²) in [6.07, 6.45) is 1.77. The van der Waals surface area contributed by atoms with Crippen molar-refractivity contribution in [3.05, 3.63) is 29.6 Å². The number of nitrogens with two attached hydrogens (primary N) is 1. The quantitative estimate of drug-likeness (QED) is 0.527. The lowest BCUT2D eigenvalue weighted by atomic mass is 10.2. The lowest BCUT2D eigenvalue weighted by Gasteiger charge is -1.99. The Balaban J connectivity index is 2.76. The van der Waals surface area contributed by atoms with E-state index >= 15 is 0 Å². The Kier molecular flexibility index (Phi) is 2.80. The summed E-state index contributed by atoms with van der Waals surface area (Å²) in [5, 5.41) is 0. The van der Waals surface area contributed by atoms with Crippen LogP contribution in [0.15, 0.2) is 23.3 Å². The molecule has 0 unspecified atom stereocenters. The third-order valence-corrected chi connectivity index (χ3v) is 1.60. The summed E-state index contributed by atoms with van der Waals surface area (Å²) in [5.74, 6) is 0.597. The minimum Gasteiger partial charge on any atom is -0.388 e. The number of pyridine rings is 1. The predicted molar refractivity (Wildman–Crippen MR) is 50.0 cm³/mol. The van der Waals surface area contributed by atoms with Gasteiger partial charge in [0.2, 0.25) is 0 Å². The van der Waals surface area contributed by atoms with Gasteiger partial charge in [-0.05, 0) is 25.5 Å². The van der Waals surface area contributed by atoms with Crippen molar-refractivity contribution in [3.8, 4) is 0 Å². The summed E-state index contributed by atoms with van der Waals surface area (Å²) in [6, 6.07) is 3.93. The predicted octanol–water partition coefficient (Wildman–Crippen LogP) is 1.27. The smallest absolute Gasteiger partial charge is 0.0910 e. The average Bonchev–Trinajstić information content (AvgIpc) is 2.03. The molecule has 1 heterocycles. The van der Waals surface area contributed by atoms with Gasteiger partial charge in [0.15, 0.2) is 0 Å². The van der Waals surface area contributed by atoms with E-state index in [1.54, 1.807) is 13.1 Å². The molecule has 2 N–H and O–H groups in total. The minimum atomic E-state index is 0.578. The van der Waals surface area contributed by atoms with Crippen LogP contribution >= 0.6 is 0 Å². The molecule has 12 heavy (non-hydrogen) atoms. The van der Waals surface area contributed by atoms with Crippen LogP contribution in [-0.2, 0) is 6.54 Å². The number of aliphatic imine (C=N–C) groups is 1. The fourth-order valence-corrected chi connectivity index (χ4v) is 0.883. The van der Waals surface area contributed by atoms with Crippen LogP contribution in [0.5, 0.6) is 0 Å². The van der Waals surface area contributed by atoms with Gasteiger partial charge in [-0.2, -0.15) is 0 Å². The Morgan fingerprint density at radius 3 is 3.00 bits per heavy atom. The maximum Gasteiger partial charge on any atom is 0.0910 e. The first-order valence-electron chi connectivity index (χ1n) is 3.87. The van der Waals surface area contributed by atoms with Crippen LogP contribution in [0, 0.1) is 6.92 Å². The number of aryl methyl sites for hydroxylation is 1. The first kappa shape index (κ1) is 8.71. The monoisotopic (exact) mass is 163 g/mol. The molecule has 0 aliphatic carbocycles. The van der Waals surface area contributed by atoms with Crippen LogP contribution in [0.4, 0.5) is 0 Å². The van der Waals surface area contributed by atoms with Gasteiger partial charge in [0.1, 0.15) is 0 Å². The first-order valence-corrected chi connectivity index (χ1v) is 3.87. The fraction of sp³-hybridized carbons (Fsp3) is 0.333. The number of nitrogens with zero attached hydrogens (tertiary/aromatic N) is 2. The van der Waals surface area contributed by atoms with Gasteiger partial charge in [0.25, 0.3) is 0 Å². The van der Waals surface area contributed by atoms with E-state index in [1.807, 2.05) is 19.1 Å². The molecule has 64 valence electrons. The van der Waals surface area contributed by atoms with Crippen LogP contribution in [0.3, 0.4) is 0 Å². The molecule has 0 bridgehead atoms. The zero-order chi connectivity index (χ0) is 8.97. The van der Waals surface area contributed by atoms with E-state index < -0.39 is 0 Å². The Hall–Kier alpha value is -1.38. The molecule has 0 amide bonds. The summed E-state index contributed by atoms with van der Waals surface area (Å²) < 4.78 is 0. The van der Waals surface area contributed by atoms with Gasteiger partial charge in [0, 0.05) is 6.20 Å². The van der Waals surface area contributed by atoms with E-state index in [0.717, 1.165) is 11.3 Å². The van der Waals surface area contributed by atoms with Gasteiger partial charge in [0.05, 0.1) is 18.1 Å². The van der Waals surface area contributed by atoms with Gasteiger partial charge < -0.3 is 5.73 Å². The molecule has 1 aromatic heterocycles. The largest absolute Gasteiger partial charge is 0.388 e. The summed E-state index contributed by atoms with van der Waals surface area (Å²) in [6.45, 7) is 4.37. The first-order chi connectivity index (χ1) is 5.70. The summed E-state index contributed by atoms with van der Waals surface area (Å²) in [4.78, 5) is 8.28. The fourth-order valence-electron chi connectivity index (χ4n) is 0.883. The van der Waals surface area contributed by atoms with Crippen LogP contribution in [0.25, 0.3) is 0 Å². The summed E-state index contributed by atoms with van der Waals surface area (Å²) in [5.41, 5.74) is 7.56. The molecular formula is C9H13N3. The SMILES string of the molecule is CC(N)=NCc1ncccc1C. The average molecular weight is 163 g/mol. The topological polar surface area (TPSA) is 51.3 Å². The van der Waals surface area contributed by atoms with Crippen LogP contribution < -0.4 is 5.73 Å². The highest BCUT2D eigenvalue weighted by Crippen LogP contribution is 2.03. The molecule has 0 fully saturated rings. The van der Waals surface area contributed by atoms with Crippen molar-refractivity contribution in [1.82, 2.24) is 4.98 Å². The Morgan fingerprint density at radius 2 is 2.42 bits per heavy atom. The van der Waals surface area contributed by atoms with Crippen molar-refractivity contribution in [2.24, 2.45) is 10.7 Å². The zero-order valence-electron chi connectivity index (χ0n) is 7.41. The molecule has 3 nitrogen and oxygen atoms in total. The van der Waals surface area contributed by atoms with Crippen molar-refractivity contribution < 1.29 is 0 Å². The molecule has 0 saturated heterocycles. The second-order valence-electron chi connectivity index (χ2n) is 2.72. The van der Waals surface area contributed by atoms with Crippen molar-refractivity contribution in [2.75, 3.05) is 0 Å².